The molecule has 30 heavy (non-hydrogen) atoms. The first-order valence-corrected chi connectivity index (χ1v) is 11.0. The number of rotatable bonds is 8. The predicted molar refractivity (Wildman–Crippen MR) is 94.8 cm³/mol. The van der Waals surface area contributed by atoms with Crippen molar-refractivity contribution in [3.8, 4) is 0 Å². The van der Waals surface area contributed by atoms with Gasteiger partial charge in [-0.3, -0.25) is 4.57 Å². The molecule has 2 aromatic rings. The van der Waals surface area contributed by atoms with Crippen molar-refractivity contribution in [3.05, 3.63) is 6.33 Å². The van der Waals surface area contributed by atoms with E-state index in [4.69, 9.17) is 10.5 Å². The molecule has 3 rings (SSSR count). The van der Waals surface area contributed by atoms with Crippen molar-refractivity contribution in [1.82, 2.24) is 19.5 Å². The molecule has 4 atom stereocenters. The van der Waals surface area contributed by atoms with Gasteiger partial charge in [-0.25, -0.2) is 15.0 Å². The van der Waals surface area contributed by atoms with Gasteiger partial charge in [0.2, 0.25) is 0 Å². The maximum absolute atomic E-state index is 10.6. The monoisotopic (exact) mass is 479 g/mol. The second kappa shape index (κ2) is 12.2. The summed E-state index contributed by atoms with van der Waals surface area (Å²) < 4.78 is 21.7. The summed E-state index contributed by atoms with van der Waals surface area (Å²) in [4.78, 5) is 34.0. The number of unbranched alkanes of at least 4 members (excludes halogenated alkanes) is 1. The fraction of sp³-hybridized carbons (Fsp3) is 0.643. The number of phosphoric ester groups is 1. The van der Waals surface area contributed by atoms with Gasteiger partial charge in [-0.15, -0.1) is 0 Å². The Bertz CT molecular complexity index is 888. The summed E-state index contributed by atoms with van der Waals surface area (Å²) in [7, 11) is -5.24. The number of phosphoric acid groups is 1. The molecule has 0 amide bonds. The van der Waals surface area contributed by atoms with Crippen LogP contribution < -0.4 is 74.6 Å². The van der Waals surface area contributed by atoms with Crippen LogP contribution in [0.2, 0.25) is 0 Å². The Hall–Kier alpha value is 0.690. The van der Waals surface area contributed by atoms with Gasteiger partial charge >= 0.3 is 59.1 Å². The van der Waals surface area contributed by atoms with E-state index in [1.807, 2.05) is 0 Å². The molecule has 0 bridgehead atoms. The summed E-state index contributed by atoms with van der Waals surface area (Å²) in [5, 5.41) is 20.9. The number of aromatic nitrogens is 4. The predicted octanol–water partition coefficient (Wildman–Crippen LogP) is -7.23. The van der Waals surface area contributed by atoms with E-state index in [0.29, 0.717) is 16.3 Å². The Morgan fingerprint density at radius 3 is 2.67 bits per heavy atom. The molecule has 16 heteroatoms. The smallest absolute Gasteiger partial charge is 0.790 e. The minimum absolute atomic E-state index is 0. The van der Waals surface area contributed by atoms with Crippen molar-refractivity contribution in [1.29, 1.82) is 0 Å². The molecule has 12 nitrogen and oxygen atoms in total. The van der Waals surface area contributed by atoms with Crippen molar-refractivity contribution in [3.63, 3.8) is 0 Å². The summed E-state index contributed by atoms with van der Waals surface area (Å²) >= 11 is 1.42. The molecule has 1 aliphatic heterocycles. The Labute approximate surface area is 221 Å². The van der Waals surface area contributed by atoms with Crippen molar-refractivity contribution >= 4 is 36.6 Å². The van der Waals surface area contributed by atoms with Gasteiger partial charge in [-0.1, -0.05) is 25.1 Å². The molecule has 2 aromatic heterocycles. The van der Waals surface area contributed by atoms with E-state index < -0.39 is 39.0 Å². The first-order chi connectivity index (χ1) is 13.2. The van der Waals surface area contributed by atoms with Crippen LogP contribution in [-0.2, 0) is 13.8 Å². The summed E-state index contributed by atoms with van der Waals surface area (Å²) in [5.74, 6) is 0.968. The number of hydrogen-bond donors (Lipinski definition) is 3. The van der Waals surface area contributed by atoms with Gasteiger partial charge in [0, 0.05) is 5.75 Å². The van der Waals surface area contributed by atoms with Gasteiger partial charge in [-0.05, 0) is 6.42 Å². The molecule has 0 saturated carbocycles. The first kappa shape index (κ1) is 28.7. The van der Waals surface area contributed by atoms with Gasteiger partial charge < -0.3 is 39.6 Å². The molecular formula is C14H20N5Na2O7PS. The average molecular weight is 479 g/mol. The third-order valence-electron chi connectivity index (χ3n) is 4.17. The molecule has 4 unspecified atom stereocenters. The van der Waals surface area contributed by atoms with Gasteiger partial charge in [0.1, 0.15) is 23.8 Å². The molecule has 3 heterocycles. The van der Waals surface area contributed by atoms with Crippen molar-refractivity contribution in [2.45, 2.75) is 49.5 Å². The quantitative estimate of drug-likeness (QED) is 0.107. The van der Waals surface area contributed by atoms with E-state index in [1.54, 1.807) is 0 Å². The van der Waals surface area contributed by atoms with Crippen LogP contribution in [0.3, 0.4) is 0 Å². The Morgan fingerprint density at radius 2 is 2.03 bits per heavy atom. The number of nitrogen functional groups attached to an aromatic ring is 1. The number of fused-ring (bicyclic) bond motifs is 1. The largest absolute Gasteiger partial charge is 1.00 e. The molecule has 0 radical (unpaired) electrons. The number of aliphatic hydroxyl groups is 2. The molecule has 0 spiro atoms. The van der Waals surface area contributed by atoms with E-state index in [0.717, 1.165) is 18.6 Å². The minimum atomic E-state index is -5.24. The van der Waals surface area contributed by atoms with E-state index in [9.17, 15) is 24.6 Å². The molecule has 1 aliphatic rings. The molecule has 0 aromatic carbocycles. The number of anilines is 1. The zero-order valence-corrected chi connectivity index (χ0v) is 22.6. The van der Waals surface area contributed by atoms with Crippen molar-refractivity contribution < 1.29 is 92.9 Å². The number of ether oxygens (including phenoxy) is 1. The number of thioether (sulfide) groups is 1. The molecular weight excluding hydrogens is 459 g/mol. The number of nitrogens with two attached hydrogens (primary N) is 1. The van der Waals surface area contributed by atoms with Crippen molar-refractivity contribution in [2.24, 2.45) is 0 Å². The fourth-order valence-electron chi connectivity index (χ4n) is 2.74. The number of nitrogens with zero attached hydrogens (tertiary/aromatic N) is 4. The van der Waals surface area contributed by atoms with Gasteiger partial charge in [0.05, 0.1) is 20.8 Å². The average Bonchev–Trinajstić information content (AvgIpc) is 3.15. The Balaban J connectivity index is 0.00000225. The van der Waals surface area contributed by atoms with E-state index in [1.165, 1.54) is 22.7 Å². The maximum Gasteiger partial charge on any atom is 1.00 e. The molecule has 0 aliphatic carbocycles. The van der Waals surface area contributed by atoms with Crippen LogP contribution in [0.1, 0.15) is 26.0 Å². The topological polar surface area (TPSA) is 192 Å². The molecule has 4 N–H and O–H groups in total. The second-order valence-electron chi connectivity index (χ2n) is 6.21. The van der Waals surface area contributed by atoms with E-state index in [-0.39, 0.29) is 64.9 Å². The van der Waals surface area contributed by atoms with E-state index >= 15 is 0 Å². The minimum Gasteiger partial charge on any atom is -0.790 e. The zero-order valence-electron chi connectivity index (χ0n) is 16.9. The summed E-state index contributed by atoms with van der Waals surface area (Å²) in [6.45, 7) is 1.35. The third kappa shape index (κ3) is 6.84. The number of aliphatic hydroxyl groups excluding tert-OH is 2. The maximum atomic E-state index is 10.6. The molecule has 1 fully saturated rings. The van der Waals surface area contributed by atoms with Gasteiger partial charge in [0.15, 0.2) is 22.8 Å². The van der Waals surface area contributed by atoms with Crippen LogP contribution >= 0.6 is 19.6 Å². The number of imidazole rings is 1. The Kier molecular flexibility index (Phi) is 11.7. The van der Waals surface area contributed by atoms with Crippen molar-refractivity contribution in [2.75, 3.05) is 18.1 Å². The van der Waals surface area contributed by atoms with Crippen LogP contribution in [0.25, 0.3) is 11.2 Å². The van der Waals surface area contributed by atoms with Gasteiger partial charge in [0.25, 0.3) is 0 Å². The van der Waals surface area contributed by atoms with Gasteiger partial charge in [-0.2, -0.15) is 0 Å². The van der Waals surface area contributed by atoms with Crippen LogP contribution in [-0.4, -0.2) is 60.4 Å². The molecule has 156 valence electrons. The normalized spacial score (nSPS) is 23.9. The van der Waals surface area contributed by atoms with Crippen LogP contribution in [0, 0.1) is 0 Å². The van der Waals surface area contributed by atoms with E-state index in [2.05, 4.69) is 26.4 Å². The molecule has 1 saturated heterocycles. The first-order valence-electron chi connectivity index (χ1n) is 8.52. The zero-order chi connectivity index (χ0) is 20.5. The number of hydrogen-bond acceptors (Lipinski definition) is 12. The second-order valence-corrected chi connectivity index (χ2v) is 8.42. The third-order valence-corrected chi connectivity index (χ3v) is 5.56. The van der Waals surface area contributed by atoms with Crippen LogP contribution in [0.15, 0.2) is 11.5 Å². The summed E-state index contributed by atoms with van der Waals surface area (Å²) in [6.07, 6.45) is -1.95. The summed E-state index contributed by atoms with van der Waals surface area (Å²) in [5.41, 5.74) is 6.54. The summed E-state index contributed by atoms with van der Waals surface area (Å²) in [6, 6.07) is 0. The standard InChI is InChI=1S/C14H22N5O7PS.2Na/c1-2-3-4-28-14-17-11(15)8-12(18-14)19(6-16-8)13-10(21)9(20)7(26-13)5-25-27(22,23)24;;/h6-7,9-10,13,20-21H,2-5H2,1H3,(H2,15,17,18)(H2,22,23,24);;/q;2*+1/p-2. The fourth-order valence-corrected chi connectivity index (χ4v) is 4.00. The van der Waals surface area contributed by atoms with Crippen LogP contribution in [0.5, 0.6) is 0 Å². The SMILES string of the molecule is CCCCSc1nc(N)c2ncn(C3OC(COP(=O)([O-])[O-])C(O)C3O)c2n1.[Na+].[Na+]. The Morgan fingerprint density at radius 1 is 1.33 bits per heavy atom. The van der Waals surface area contributed by atoms with Crippen LogP contribution in [0.4, 0.5) is 5.82 Å².